The number of fused-ring (bicyclic) bond motifs is 1. The van der Waals surface area contributed by atoms with Crippen LogP contribution in [0.4, 0.5) is 0 Å². The van der Waals surface area contributed by atoms with E-state index in [1.165, 1.54) is 11.1 Å². The van der Waals surface area contributed by atoms with Gasteiger partial charge in [0.1, 0.15) is 11.4 Å². The number of rotatable bonds is 6. The van der Waals surface area contributed by atoms with Crippen molar-refractivity contribution in [2.75, 3.05) is 33.3 Å². The summed E-state index contributed by atoms with van der Waals surface area (Å²) < 4.78 is 7.51. The Morgan fingerprint density at radius 2 is 1.40 bits per heavy atom. The predicted molar refractivity (Wildman–Crippen MR) is 166 cm³/mol. The number of hydrogen-bond acceptors (Lipinski definition) is 5. The number of para-hydroxylation sites is 1. The van der Waals surface area contributed by atoms with Gasteiger partial charge < -0.3 is 9.64 Å². The summed E-state index contributed by atoms with van der Waals surface area (Å²) in [5.74, 6) is 0.653. The number of aromatic nitrogens is 3. The molecule has 0 spiro atoms. The number of carbonyl (C=O) groups excluding carboxylic acids is 1. The van der Waals surface area contributed by atoms with Gasteiger partial charge in [0.2, 0.25) is 0 Å². The van der Waals surface area contributed by atoms with Crippen molar-refractivity contribution < 1.29 is 9.53 Å². The molecule has 1 fully saturated rings. The zero-order valence-electron chi connectivity index (χ0n) is 24.7. The molecule has 1 aliphatic rings. The highest BCUT2D eigenvalue weighted by molar-refractivity contribution is 5.94. The maximum atomic E-state index is 14.0. The van der Waals surface area contributed by atoms with Crippen LogP contribution in [-0.4, -0.2) is 63.6 Å². The molecular weight excluding hydrogens is 522 g/mol. The average molecular weight is 560 g/mol. The number of amides is 1. The summed E-state index contributed by atoms with van der Waals surface area (Å²) >= 11 is 0. The van der Waals surface area contributed by atoms with Gasteiger partial charge in [-0.15, -0.1) is 0 Å². The molecular formula is C35H37N5O2. The first-order chi connectivity index (χ1) is 20.3. The predicted octanol–water partition coefficient (Wildman–Crippen LogP) is 6.25. The topological polar surface area (TPSA) is 63.0 Å². The van der Waals surface area contributed by atoms with Gasteiger partial charge in [-0.3, -0.25) is 9.69 Å². The number of piperazine rings is 1. The van der Waals surface area contributed by atoms with Crippen molar-refractivity contribution in [3.05, 3.63) is 120 Å². The fourth-order valence-corrected chi connectivity index (χ4v) is 5.73. The summed E-state index contributed by atoms with van der Waals surface area (Å²) in [5, 5.41) is 4.90. The normalized spacial score (nSPS) is 14.5. The van der Waals surface area contributed by atoms with Crippen molar-refractivity contribution in [3.63, 3.8) is 0 Å². The third-order valence-corrected chi connectivity index (χ3v) is 7.99. The molecule has 42 heavy (non-hydrogen) atoms. The minimum absolute atomic E-state index is 0.0669. The van der Waals surface area contributed by atoms with E-state index in [1.807, 2.05) is 45.8 Å². The van der Waals surface area contributed by atoms with Crippen LogP contribution in [0.5, 0.6) is 5.75 Å². The number of benzene rings is 3. The Labute approximate surface area is 247 Å². The van der Waals surface area contributed by atoms with Crippen LogP contribution in [0.2, 0.25) is 0 Å². The van der Waals surface area contributed by atoms with E-state index >= 15 is 0 Å². The smallest absolute Gasteiger partial charge is 0.272 e. The van der Waals surface area contributed by atoms with Gasteiger partial charge in [-0.2, -0.15) is 5.10 Å². The second-order valence-electron chi connectivity index (χ2n) is 11.8. The highest BCUT2D eigenvalue weighted by atomic mass is 16.5. The Bertz CT molecular complexity index is 1640. The lowest BCUT2D eigenvalue weighted by Gasteiger charge is -2.39. The maximum Gasteiger partial charge on any atom is 0.272 e. The molecule has 0 unspecified atom stereocenters. The van der Waals surface area contributed by atoms with E-state index in [-0.39, 0.29) is 17.4 Å². The molecule has 0 N–H and O–H groups in total. The lowest BCUT2D eigenvalue weighted by molar-refractivity contribution is 0.0592. The van der Waals surface area contributed by atoms with Crippen molar-refractivity contribution in [1.29, 1.82) is 0 Å². The van der Waals surface area contributed by atoms with Crippen molar-refractivity contribution in [2.45, 2.75) is 32.2 Å². The highest BCUT2D eigenvalue weighted by Gasteiger charge is 2.30. The quantitative estimate of drug-likeness (QED) is 0.246. The van der Waals surface area contributed by atoms with E-state index < -0.39 is 0 Å². The monoisotopic (exact) mass is 559 g/mol. The average Bonchev–Trinajstić information content (AvgIpc) is 3.47. The minimum atomic E-state index is -0.166. The molecule has 7 heteroatoms. The van der Waals surface area contributed by atoms with Crippen LogP contribution in [0, 0.1) is 0 Å². The number of hydrogen-bond donors (Lipinski definition) is 0. The van der Waals surface area contributed by atoms with Crippen molar-refractivity contribution in [2.24, 2.45) is 0 Å². The Kier molecular flexibility index (Phi) is 7.52. The van der Waals surface area contributed by atoms with Gasteiger partial charge in [0.15, 0.2) is 5.65 Å². The summed E-state index contributed by atoms with van der Waals surface area (Å²) in [6.45, 7) is 9.16. The van der Waals surface area contributed by atoms with Gasteiger partial charge in [0.25, 0.3) is 5.91 Å². The van der Waals surface area contributed by atoms with Crippen LogP contribution in [0.3, 0.4) is 0 Å². The Hall–Kier alpha value is -4.49. The summed E-state index contributed by atoms with van der Waals surface area (Å²) in [6.07, 6.45) is 0. The van der Waals surface area contributed by atoms with Crippen molar-refractivity contribution in [3.8, 4) is 17.0 Å². The van der Waals surface area contributed by atoms with Gasteiger partial charge in [0, 0.05) is 43.2 Å². The zero-order chi connectivity index (χ0) is 29.3. The number of ether oxygens (including phenoxy) is 1. The van der Waals surface area contributed by atoms with E-state index in [1.54, 1.807) is 7.11 Å². The van der Waals surface area contributed by atoms with Crippen LogP contribution in [0.25, 0.3) is 16.9 Å². The molecule has 0 atom stereocenters. The summed E-state index contributed by atoms with van der Waals surface area (Å²) in [6, 6.07) is 33.0. The van der Waals surface area contributed by atoms with Gasteiger partial charge in [0.05, 0.1) is 24.5 Å². The van der Waals surface area contributed by atoms with E-state index in [9.17, 15) is 4.79 Å². The second kappa shape index (κ2) is 11.4. The molecule has 1 aliphatic heterocycles. The first-order valence-corrected chi connectivity index (χ1v) is 14.5. The molecule has 214 valence electrons. The largest absolute Gasteiger partial charge is 0.496 e. The second-order valence-corrected chi connectivity index (χ2v) is 11.8. The van der Waals surface area contributed by atoms with Crippen molar-refractivity contribution in [1.82, 2.24) is 24.4 Å². The molecule has 5 aromatic rings. The van der Waals surface area contributed by atoms with Crippen LogP contribution in [0.15, 0.2) is 97.1 Å². The molecule has 3 aromatic carbocycles. The number of methoxy groups -OCH3 is 1. The standard InChI is InChI=1S/C35H37N5O2/c1-35(2,3)31-24-32-36-28(23-29(40(32)37-31)27-17-11-12-18-30(27)42-4)34(41)39-21-19-38(20-22-39)33(25-13-7-5-8-14-25)26-15-9-6-10-16-26/h5-18,23-24,33H,19-22H2,1-4H3. The molecule has 1 amide bonds. The van der Waals surface area contributed by atoms with Gasteiger partial charge >= 0.3 is 0 Å². The number of nitrogens with zero attached hydrogens (tertiary/aromatic N) is 5. The van der Waals surface area contributed by atoms with Gasteiger partial charge in [-0.05, 0) is 29.3 Å². The maximum absolute atomic E-state index is 14.0. The molecule has 0 aliphatic carbocycles. The fraction of sp³-hybridized carbons (Fsp3) is 0.286. The molecule has 6 rings (SSSR count). The lowest BCUT2D eigenvalue weighted by Crippen LogP contribution is -2.50. The Morgan fingerprint density at radius 3 is 2.00 bits per heavy atom. The molecule has 0 saturated carbocycles. The third kappa shape index (κ3) is 5.40. The summed E-state index contributed by atoms with van der Waals surface area (Å²) in [5.41, 5.74) is 5.97. The first-order valence-electron chi connectivity index (χ1n) is 14.5. The lowest BCUT2D eigenvalue weighted by atomic mass is 9.93. The van der Waals surface area contributed by atoms with Crippen molar-refractivity contribution >= 4 is 11.6 Å². The SMILES string of the molecule is COc1ccccc1-c1cc(C(=O)N2CCN(C(c3ccccc3)c3ccccc3)CC2)nc2cc(C(C)(C)C)nn12. The van der Waals surface area contributed by atoms with E-state index in [4.69, 9.17) is 14.8 Å². The van der Waals surface area contributed by atoms with Gasteiger partial charge in [-0.1, -0.05) is 93.6 Å². The molecule has 0 bridgehead atoms. The molecule has 1 saturated heterocycles. The Balaban J connectivity index is 1.31. The van der Waals surface area contributed by atoms with E-state index in [2.05, 4.69) is 86.3 Å². The van der Waals surface area contributed by atoms with Crippen LogP contribution >= 0.6 is 0 Å². The van der Waals surface area contributed by atoms with E-state index in [0.717, 1.165) is 35.8 Å². The van der Waals surface area contributed by atoms with Gasteiger partial charge in [-0.25, -0.2) is 9.50 Å². The van der Waals surface area contributed by atoms with Crippen LogP contribution < -0.4 is 4.74 Å². The third-order valence-electron chi connectivity index (χ3n) is 7.99. The van der Waals surface area contributed by atoms with Crippen LogP contribution in [-0.2, 0) is 5.41 Å². The van der Waals surface area contributed by atoms with E-state index in [0.29, 0.717) is 24.4 Å². The van der Waals surface area contributed by atoms with Crippen LogP contribution in [0.1, 0.15) is 54.1 Å². The summed E-state index contributed by atoms with van der Waals surface area (Å²) in [7, 11) is 1.66. The summed E-state index contributed by atoms with van der Waals surface area (Å²) in [4.78, 5) is 23.2. The number of carbonyl (C=O) groups is 1. The minimum Gasteiger partial charge on any atom is -0.496 e. The Morgan fingerprint density at radius 1 is 0.810 bits per heavy atom. The zero-order valence-corrected chi connectivity index (χ0v) is 24.7. The first kappa shape index (κ1) is 27.7. The highest BCUT2D eigenvalue weighted by Crippen LogP contribution is 2.33. The molecule has 7 nitrogen and oxygen atoms in total. The fourth-order valence-electron chi connectivity index (χ4n) is 5.73. The molecule has 3 heterocycles. The molecule has 0 radical (unpaired) electrons. The molecule has 2 aromatic heterocycles.